The Hall–Kier alpha value is -0.870. The van der Waals surface area contributed by atoms with Gasteiger partial charge in [-0.25, -0.2) is 8.42 Å². The highest BCUT2D eigenvalue weighted by molar-refractivity contribution is 8.13. The molecule has 0 unspecified atom stereocenters. The van der Waals surface area contributed by atoms with Crippen molar-refractivity contribution in [1.82, 2.24) is 0 Å². The third-order valence-corrected chi connectivity index (χ3v) is 3.76. The van der Waals surface area contributed by atoms with Gasteiger partial charge >= 0.3 is 0 Å². The second kappa shape index (κ2) is 4.97. The van der Waals surface area contributed by atoms with Crippen LogP contribution in [-0.2, 0) is 15.5 Å². The van der Waals surface area contributed by atoms with Crippen LogP contribution in [0.3, 0.4) is 0 Å². The summed E-state index contributed by atoms with van der Waals surface area (Å²) in [4.78, 5) is 11.5. The molecular formula is C11H13ClO3S. The van der Waals surface area contributed by atoms with Gasteiger partial charge in [0.1, 0.15) is 0 Å². The molecule has 0 aliphatic rings. The first-order chi connectivity index (χ1) is 7.40. The maximum absolute atomic E-state index is 11.5. The fourth-order valence-corrected chi connectivity index (χ4v) is 2.68. The smallest absolute Gasteiger partial charge is 0.261 e. The van der Waals surface area contributed by atoms with Crippen LogP contribution in [0.1, 0.15) is 36.2 Å². The Kier molecular flexibility index (Phi) is 4.10. The minimum Gasteiger partial charge on any atom is -0.294 e. The topological polar surface area (TPSA) is 51.2 Å². The molecule has 1 aromatic carbocycles. The van der Waals surface area contributed by atoms with Crippen LogP contribution < -0.4 is 0 Å². The predicted octanol–water partition coefficient (Wildman–Crippen LogP) is 2.77. The average molecular weight is 261 g/mol. The molecule has 0 N–H and O–H groups in total. The van der Waals surface area contributed by atoms with Crippen LogP contribution in [0.25, 0.3) is 0 Å². The molecule has 16 heavy (non-hydrogen) atoms. The van der Waals surface area contributed by atoms with Crippen molar-refractivity contribution in [3.8, 4) is 0 Å². The van der Waals surface area contributed by atoms with E-state index in [0.29, 0.717) is 24.0 Å². The summed E-state index contributed by atoms with van der Waals surface area (Å²) in [5.41, 5.74) is 1.02. The summed E-state index contributed by atoms with van der Waals surface area (Å²) >= 11 is 0. The Labute approximate surface area is 99.9 Å². The van der Waals surface area contributed by atoms with Crippen molar-refractivity contribution < 1.29 is 13.2 Å². The monoisotopic (exact) mass is 260 g/mol. The van der Waals surface area contributed by atoms with Crippen LogP contribution in [0, 0.1) is 0 Å². The third kappa shape index (κ3) is 2.83. The minimum absolute atomic E-state index is 0.0379. The Morgan fingerprint density at radius 3 is 2.38 bits per heavy atom. The van der Waals surface area contributed by atoms with E-state index in [1.54, 1.807) is 19.1 Å². The van der Waals surface area contributed by atoms with Gasteiger partial charge in [0.25, 0.3) is 9.05 Å². The van der Waals surface area contributed by atoms with Gasteiger partial charge in [-0.15, -0.1) is 0 Å². The van der Waals surface area contributed by atoms with Gasteiger partial charge in [-0.1, -0.05) is 26.0 Å². The van der Waals surface area contributed by atoms with Gasteiger partial charge in [-0.05, 0) is 18.1 Å². The Balaban J connectivity index is 3.39. The highest BCUT2D eigenvalue weighted by Crippen LogP contribution is 2.22. The highest BCUT2D eigenvalue weighted by Gasteiger charge is 2.16. The Morgan fingerprint density at radius 2 is 1.94 bits per heavy atom. The Bertz CT molecular complexity index is 506. The van der Waals surface area contributed by atoms with Gasteiger partial charge in [0, 0.05) is 22.7 Å². The van der Waals surface area contributed by atoms with Gasteiger partial charge in [0.2, 0.25) is 0 Å². The van der Waals surface area contributed by atoms with E-state index in [9.17, 15) is 13.2 Å². The van der Waals surface area contributed by atoms with E-state index in [0.717, 1.165) is 0 Å². The molecule has 0 saturated carbocycles. The molecule has 3 nitrogen and oxygen atoms in total. The number of Topliss-reactive ketones (excluding diaryl/α,β-unsaturated/α-hetero) is 1. The maximum atomic E-state index is 11.5. The van der Waals surface area contributed by atoms with E-state index < -0.39 is 9.05 Å². The lowest BCUT2D eigenvalue weighted by molar-refractivity contribution is 0.0988. The molecule has 0 atom stereocenters. The number of hydrogen-bond donors (Lipinski definition) is 0. The van der Waals surface area contributed by atoms with Crippen molar-refractivity contribution in [3.63, 3.8) is 0 Å². The summed E-state index contributed by atoms with van der Waals surface area (Å²) in [5.74, 6) is -0.0933. The molecule has 0 bridgehead atoms. The number of benzene rings is 1. The fourth-order valence-electron chi connectivity index (χ4n) is 1.45. The lowest BCUT2D eigenvalue weighted by atomic mass is 10.1. The van der Waals surface area contributed by atoms with Gasteiger partial charge < -0.3 is 0 Å². The number of hydrogen-bond acceptors (Lipinski definition) is 3. The lowest BCUT2D eigenvalue weighted by Gasteiger charge is -2.06. The highest BCUT2D eigenvalue weighted by atomic mass is 35.7. The van der Waals surface area contributed by atoms with Crippen molar-refractivity contribution in [2.24, 2.45) is 0 Å². The van der Waals surface area contributed by atoms with E-state index in [-0.39, 0.29) is 10.7 Å². The molecule has 0 aliphatic heterocycles. The van der Waals surface area contributed by atoms with Gasteiger partial charge in [0.15, 0.2) is 5.78 Å². The lowest BCUT2D eigenvalue weighted by Crippen LogP contribution is -2.02. The number of halogens is 1. The molecule has 0 radical (unpaired) electrons. The van der Waals surface area contributed by atoms with Gasteiger partial charge in [0.05, 0.1) is 4.90 Å². The molecule has 0 fully saturated rings. The van der Waals surface area contributed by atoms with E-state index in [1.807, 2.05) is 6.92 Å². The summed E-state index contributed by atoms with van der Waals surface area (Å²) in [6.45, 7) is 3.56. The second-order valence-corrected chi connectivity index (χ2v) is 5.92. The zero-order valence-corrected chi connectivity index (χ0v) is 10.7. The van der Waals surface area contributed by atoms with Crippen molar-refractivity contribution in [3.05, 3.63) is 29.3 Å². The molecule has 0 saturated heterocycles. The number of carbonyl (C=O) groups excluding carboxylic acids is 1. The van der Waals surface area contributed by atoms with Gasteiger partial charge in [-0.3, -0.25) is 4.79 Å². The zero-order chi connectivity index (χ0) is 12.3. The quantitative estimate of drug-likeness (QED) is 0.618. The van der Waals surface area contributed by atoms with E-state index >= 15 is 0 Å². The molecule has 0 aliphatic carbocycles. The van der Waals surface area contributed by atoms with Gasteiger partial charge in [-0.2, -0.15) is 0 Å². The van der Waals surface area contributed by atoms with Crippen molar-refractivity contribution in [2.45, 2.75) is 31.6 Å². The Morgan fingerprint density at radius 1 is 1.31 bits per heavy atom. The molecule has 0 heterocycles. The summed E-state index contributed by atoms with van der Waals surface area (Å²) < 4.78 is 22.7. The number of carbonyl (C=O) groups is 1. The number of aryl methyl sites for hydroxylation is 1. The first-order valence-electron chi connectivity index (χ1n) is 5.01. The van der Waals surface area contributed by atoms with Crippen LogP contribution in [0.5, 0.6) is 0 Å². The molecule has 0 amide bonds. The van der Waals surface area contributed by atoms with Crippen molar-refractivity contribution >= 4 is 25.5 Å². The first kappa shape index (κ1) is 13.2. The van der Waals surface area contributed by atoms with Crippen LogP contribution in [0.4, 0.5) is 0 Å². The molecule has 1 rings (SSSR count). The summed E-state index contributed by atoms with van der Waals surface area (Å²) in [6.07, 6.45) is 0.898. The van der Waals surface area contributed by atoms with Crippen LogP contribution in [0.2, 0.25) is 0 Å². The standard InChI is InChI=1S/C11H13ClO3S/c1-3-8-5-6-9(10(13)4-2)7-11(8)16(12,14)15/h5-7H,3-4H2,1-2H3. The number of rotatable bonds is 4. The predicted molar refractivity (Wildman–Crippen MR) is 63.5 cm³/mol. The molecule has 0 spiro atoms. The van der Waals surface area contributed by atoms with Crippen LogP contribution in [-0.4, -0.2) is 14.2 Å². The largest absolute Gasteiger partial charge is 0.294 e. The first-order valence-corrected chi connectivity index (χ1v) is 7.31. The molecule has 1 aromatic rings. The zero-order valence-electron chi connectivity index (χ0n) is 9.16. The summed E-state index contributed by atoms with van der Waals surface area (Å²) in [6, 6.07) is 4.63. The normalized spacial score (nSPS) is 11.4. The minimum atomic E-state index is -3.79. The van der Waals surface area contributed by atoms with E-state index in [2.05, 4.69) is 0 Å². The average Bonchev–Trinajstić information content (AvgIpc) is 2.26. The van der Waals surface area contributed by atoms with E-state index in [1.165, 1.54) is 6.07 Å². The molecular weight excluding hydrogens is 248 g/mol. The molecule has 5 heteroatoms. The molecule has 0 aromatic heterocycles. The van der Waals surface area contributed by atoms with Crippen LogP contribution in [0.15, 0.2) is 23.1 Å². The second-order valence-electron chi connectivity index (χ2n) is 3.39. The van der Waals surface area contributed by atoms with Crippen molar-refractivity contribution in [2.75, 3.05) is 0 Å². The van der Waals surface area contributed by atoms with E-state index in [4.69, 9.17) is 10.7 Å². The summed E-state index contributed by atoms with van der Waals surface area (Å²) in [5, 5.41) is 0. The van der Waals surface area contributed by atoms with Crippen molar-refractivity contribution in [1.29, 1.82) is 0 Å². The van der Waals surface area contributed by atoms with Crippen LogP contribution >= 0.6 is 10.7 Å². The number of ketones is 1. The third-order valence-electron chi connectivity index (χ3n) is 2.35. The SMILES string of the molecule is CCC(=O)c1ccc(CC)c(S(=O)(=O)Cl)c1. The molecule has 88 valence electrons. The maximum Gasteiger partial charge on any atom is 0.261 e. The summed E-state index contributed by atoms with van der Waals surface area (Å²) in [7, 11) is 1.53. The fraction of sp³-hybridized carbons (Fsp3) is 0.364.